The highest BCUT2D eigenvalue weighted by Crippen LogP contribution is 2.28. The van der Waals surface area contributed by atoms with Crippen molar-refractivity contribution in [3.05, 3.63) is 42.0 Å². The Bertz CT molecular complexity index is 537. The molecule has 3 nitrogen and oxygen atoms in total. The molecule has 0 bridgehead atoms. The van der Waals surface area contributed by atoms with Crippen molar-refractivity contribution in [1.82, 2.24) is 0 Å². The van der Waals surface area contributed by atoms with Crippen molar-refractivity contribution in [3.63, 3.8) is 0 Å². The number of hydrogen-bond donors (Lipinski definition) is 1. The summed E-state index contributed by atoms with van der Waals surface area (Å²) < 4.78 is 11.2. The molecule has 0 unspecified atom stereocenters. The van der Waals surface area contributed by atoms with Crippen LogP contribution >= 0.6 is 0 Å². The van der Waals surface area contributed by atoms with Gasteiger partial charge in [-0.25, -0.2) is 0 Å². The molecule has 0 radical (unpaired) electrons. The molecule has 2 rings (SSSR count). The van der Waals surface area contributed by atoms with Gasteiger partial charge in [-0.1, -0.05) is 43.7 Å². The van der Waals surface area contributed by atoms with E-state index in [4.69, 9.17) is 9.47 Å². The summed E-state index contributed by atoms with van der Waals surface area (Å²) in [5.74, 6) is 0.741. The van der Waals surface area contributed by atoms with Crippen LogP contribution in [-0.4, -0.2) is 24.9 Å². The number of benzene rings is 2. The minimum absolute atomic E-state index is 0.0205. The van der Waals surface area contributed by atoms with Crippen LogP contribution in [0.5, 0.6) is 5.75 Å². The molecule has 0 fully saturated rings. The van der Waals surface area contributed by atoms with Crippen LogP contribution in [0.3, 0.4) is 0 Å². The molecule has 2 aromatic rings. The summed E-state index contributed by atoms with van der Waals surface area (Å²) in [6.07, 6.45) is 2.22. The van der Waals surface area contributed by atoms with Gasteiger partial charge < -0.3 is 14.6 Å². The lowest BCUT2D eigenvalue weighted by molar-refractivity contribution is 0.0972. The predicted molar refractivity (Wildman–Crippen MR) is 81.1 cm³/mol. The first-order valence-electron chi connectivity index (χ1n) is 7.19. The van der Waals surface area contributed by atoms with Gasteiger partial charge in [-0.2, -0.15) is 0 Å². The molecular formula is C17H22O3. The highest BCUT2D eigenvalue weighted by atomic mass is 16.5. The molecule has 3 heteroatoms. The maximum Gasteiger partial charge on any atom is 0.125 e. The van der Waals surface area contributed by atoms with Crippen molar-refractivity contribution in [2.75, 3.05) is 19.8 Å². The van der Waals surface area contributed by atoms with Gasteiger partial charge in [0, 0.05) is 12.2 Å². The number of rotatable bonds is 8. The fourth-order valence-corrected chi connectivity index (χ4v) is 2.17. The Kier molecular flexibility index (Phi) is 5.84. The molecule has 0 spiro atoms. The molecule has 0 saturated heterocycles. The average molecular weight is 274 g/mol. The summed E-state index contributed by atoms with van der Waals surface area (Å²) >= 11 is 0. The smallest absolute Gasteiger partial charge is 0.125 e. The van der Waals surface area contributed by atoms with E-state index in [1.54, 1.807) is 0 Å². The van der Waals surface area contributed by atoms with Crippen LogP contribution < -0.4 is 4.74 Å². The van der Waals surface area contributed by atoms with Crippen molar-refractivity contribution < 1.29 is 14.6 Å². The second-order valence-electron chi connectivity index (χ2n) is 4.74. The Morgan fingerprint density at radius 2 is 1.85 bits per heavy atom. The van der Waals surface area contributed by atoms with E-state index in [2.05, 4.69) is 6.92 Å². The monoisotopic (exact) mass is 274 g/mol. The number of unbranched alkanes of at least 4 members (excludes halogenated alkanes) is 1. The fourth-order valence-electron chi connectivity index (χ4n) is 2.17. The predicted octanol–water partition coefficient (Wildman–Crippen LogP) is 3.53. The van der Waals surface area contributed by atoms with Gasteiger partial charge in [0.15, 0.2) is 0 Å². The number of ether oxygens (including phenoxy) is 2. The lowest BCUT2D eigenvalue weighted by Gasteiger charge is -2.13. The number of fused-ring (bicyclic) bond motifs is 1. The molecule has 0 heterocycles. The third-order valence-electron chi connectivity index (χ3n) is 3.28. The SMILES string of the molecule is CCCCOCCOc1ccc2ccccc2c1CO. The number of aliphatic hydroxyl groups is 1. The average Bonchev–Trinajstić information content (AvgIpc) is 2.50. The van der Waals surface area contributed by atoms with E-state index in [0.29, 0.717) is 13.2 Å². The Morgan fingerprint density at radius 3 is 2.65 bits per heavy atom. The lowest BCUT2D eigenvalue weighted by atomic mass is 10.0. The summed E-state index contributed by atoms with van der Waals surface area (Å²) in [6, 6.07) is 11.9. The van der Waals surface area contributed by atoms with E-state index in [9.17, 15) is 5.11 Å². The van der Waals surface area contributed by atoms with Crippen molar-refractivity contribution in [2.24, 2.45) is 0 Å². The summed E-state index contributed by atoms with van der Waals surface area (Å²) in [5, 5.41) is 11.7. The van der Waals surface area contributed by atoms with E-state index < -0.39 is 0 Å². The largest absolute Gasteiger partial charge is 0.491 e. The maximum absolute atomic E-state index is 9.58. The van der Waals surface area contributed by atoms with Crippen LogP contribution in [0.15, 0.2) is 36.4 Å². The van der Waals surface area contributed by atoms with E-state index in [-0.39, 0.29) is 6.61 Å². The highest BCUT2D eigenvalue weighted by Gasteiger charge is 2.07. The zero-order valence-corrected chi connectivity index (χ0v) is 12.0. The van der Waals surface area contributed by atoms with Crippen LogP contribution in [0, 0.1) is 0 Å². The van der Waals surface area contributed by atoms with E-state index in [1.165, 1.54) is 0 Å². The molecule has 0 aliphatic heterocycles. The van der Waals surface area contributed by atoms with Crippen LogP contribution in [0.1, 0.15) is 25.3 Å². The number of aliphatic hydroxyl groups excluding tert-OH is 1. The Labute approximate surface area is 120 Å². The van der Waals surface area contributed by atoms with Gasteiger partial charge in [0.25, 0.3) is 0 Å². The molecule has 0 aliphatic rings. The van der Waals surface area contributed by atoms with Crippen molar-refractivity contribution in [3.8, 4) is 5.75 Å². The van der Waals surface area contributed by atoms with Gasteiger partial charge in [-0.3, -0.25) is 0 Å². The molecule has 20 heavy (non-hydrogen) atoms. The summed E-state index contributed by atoms with van der Waals surface area (Å²) in [7, 11) is 0. The minimum atomic E-state index is -0.0205. The van der Waals surface area contributed by atoms with E-state index in [1.807, 2.05) is 36.4 Å². The van der Waals surface area contributed by atoms with Gasteiger partial charge in [0.1, 0.15) is 12.4 Å². The first-order chi connectivity index (χ1) is 9.86. The van der Waals surface area contributed by atoms with Gasteiger partial charge in [-0.15, -0.1) is 0 Å². The molecule has 2 aromatic carbocycles. The zero-order valence-electron chi connectivity index (χ0n) is 12.0. The van der Waals surface area contributed by atoms with Gasteiger partial charge in [0.05, 0.1) is 13.2 Å². The molecule has 1 N–H and O–H groups in total. The molecule has 0 aliphatic carbocycles. The third kappa shape index (κ3) is 3.71. The lowest BCUT2D eigenvalue weighted by Crippen LogP contribution is -2.08. The fraction of sp³-hybridized carbons (Fsp3) is 0.412. The van der Waals surface area contributed by atoms with Gasteiger partial charge in [-0.05, 0) is 23.3 Å². The Balaban J connectivity index is 1.99. The first kappa shape index (κ1) is 14.8. The summed E-state index contributed by atoms with van der Waals surface area (Å²) in [4.78, 5) is 0. The van der Waals surface area contributed by atoms with Crippen molar-refractivity contribution >= 4 is 10.8 Å². The van der Waals surface area contributed by atoms with Crippen LogP contribution in [0.2, 0.25) is 0 Å². The molecular weight excluding hydrogens is 252 g/mol. The van der Waals surface area contributed by atoms with Crippen LogP contribution in [0.4, 0.5) is 0 Å². The molecule has 0 amide bonds. The molecule has 0 aromatic heterocycles. The second kappa shape index (κ2) is 7.88. The van der Waals surface area contributed by atoms with E-state index >= 15 is 0 Å². The summed E-state index contributed by atoms with van der Waals surface area (Å²) in [6.45, 7) is 3.99. The van der Waals surface area contributed by atoms with Crippen molar-refractivity contribution in [2.45, 2.75) is 26.4 Å². The minimum Gasteiger partial charge on any atom is -0.491 e. The molecule has 0 atom stereocenters. The second-order valence-corrected chi connectivity index (χ2v) is 4.74. The zero-order chi connectivity index (χ0) is 14.2. The third-order valence-corrected chi connectivity index (χ3v) is 3.28. The molecule has 0 saturated carbocycles. The van der Waals surface area contributed by atoms with E-state index in [0.717, 1.165) is 41.5 Å². The summed E-state index contributed by atoms with van der Waals surface area (Å²) in [5.41, 5.74) is 0.844. The normalized spacial score (nSPS) is 10.9. The molecule has 108 valence electrons. The highest BCUT2D eigenvalue weighted by molar-refractivity contribution is 5.87. The van der Waals surface area contributed by atoms with Gasteiger partial charge >= 0.3 is 0 Å². The van der Waals surface area contributed by atoms with Crippen LogP contribution in [0.25, 0.3) is 10.8 Å². The topological polar surface area (TPSA) is 38.7 Å². The van der Waals surface area contributed by atoms with Crippen molar-refractivity contribution in [1.29, 1.82) is 0 Å². The van der Waals surface area contributed by atoms with Crippen LogP contribution in [-0.2, 0) is 11.3 Å². The quantitative estimate of drug-likeness (QED) is 0.748. The maximum atomic E-state index is 9.58. The Morgan fingerprint density at radius 1 is 1.00 bits per heavy atom. The van der Waals surface area contributed by atoms with Gasteiger partial charge in [0.2, 0.25) is 0 Å². The Hall–Kier alpha value is -1.58. The first-order valence-corrected chi connectivity index (χ1v) is 7.19. The standard InChI is InChI=1S/C17H22O3/c1-2-3-10-19-11-12-20-17-9-8-14-6-4-5-7-15(14)16(17)13-18/h4-9,18H,2-3,10-13H2,1H3. The number of hydrogen-bond acceptors (Lipinski definition) is 3.